The molecule has 1 aromatic carbocycles. The molecule has 1 unspecified atom stereocenters. The number of nitrogens with one attached hydrogen (secondary N) is 1. The van der Waals surface area contributed by atoms with Gasteiger partial charge in [0.15, 0.2) is 0 Å². The fourth-order valence-electron chi connectivity index (χ4n) is 1.87. The molecule has 96 valence electrons. The van der Waals surface area contributed by atoms with Crippen molar-refractivity contribution in [3.05, 3.63) is 23.8 Å². The first-order chi connectivity index (χ1) is 8.54. The molecule has 0 aromatic heterocycles. The van der Waals surface area contributed by atoms with Gasteiger partial charge in [0.25, 0.3) is 0 Å². The van der Waals surface area contributed by atoms with Crippen LogP contribution in [-0.4, -0.2) is 23.0 Å². The third-order valence-electron chi connectivity index (χ3n) is 2.69. The van der Waals surface area contributed by atoms with Crippen LogP contribution in [0, 0.1) is 0 Å². The fraction of sp³-hybridized carbons (Fsp3) is 0.333. The van der Waals surface area contributed by atoms with Gasteiger partial charge in [0.1, 0.15) is 0 Å². The minimum atomic E-state index is -0.414. The SMILES string of the molecule is CNCc1ccc2c(c1)N(C(=O)Br)C(=O)C(C)S2. The molecule has 18 heavy (non-hydrogen) atoms. The van der Waals surface area contributed by atoms with Gasteiger partial charge in [-0.25, -0.2) is 4.90 Å². The lowest BCUT2D eigenvalue weighted by molar-refractivity contribution is -0.117. The highest BCUT2D eigenvalue weighted by Crippen LogP contribution is 2.40. The minimum Gasteiger partial charge on any atom is -0.316 e. The van der Waals surface area contributed by atoms with Crippen molar-refractivity contribution in [2.75, 3.05) is 11.9 Å². The summed E-state index contributed by atoms with van der Waals surface area (Å²) < 4.78 is 0. The number of rotatable bonds is 2. The molecule has 1 atom stereocenters. The quantitative estimate of drug-likeness (QED) is 0.670. The van der Waals surface area contributed by atoms with E-state index < -0.39 is 4.82 Å². The van der Waals surface area contributed by atoms with Crippen molar-refractivity contribution >= 4 is 44.1 Å². The smallest absolute Gasteiger partial charge is 0.300 e. The summed E-state index contributed by atoms with van der Waals surface area (Å²) >= 11 is 4.36. The molecule has 0 spiro atoms. The number of halogens is 1. The average molecular weight is 329 g/mol. The number of amides is 2. The van der Waals surface area contributed by atoms with Crippen LogP contribution in [-0.2, 0) is 11.3 Å². The van der Waals surface area contributed by atoms with Gasteiger partial charge in [-0.1, -0.05) is 6.07 Å². The predicted octanol–water partition coefficient (Wildman–Crippen LogP) is 2.75. The Morgan fingerprint density at radius 3 is 2.89 bits per heavy atom. The van der Waals surface area contributed by atoms with E-state index in [4.69, 9.17) is 0 Å². The van der Waals surface area contributed by atoms with Crippen LogP contribution in [0.4, 0.5) is 10.5 Å². The van der Waals surface area contributed by atoms with Crippen molar-refractivity contribution in [3.8, 4) is 0 Å². The van der Waals surface area contributed by atoms with Crippen molar-refractivity contribution in [1.82, 2.24) is 5.32 Å². The van der Waals surface area contributed by atoms with E-state index in [0.717, 1.165) is 10.5 Å². The highest BCUT2D eigenvalue weighted by Gasteiger charge is 2.34. The van der Waals surface area contributed by atoms with Crippen LogP contribution in [0.2, 0.25) is 0 Å². The maximum Gasteiger partial charge on any atom is 0.300 e. The molecule has 0 saturated heterocycles. The first kappa shape index (κ1) is 13.6. The standard InChI is InChI=1S/C12H13BrN2O2S/c1-7-11(16)15(12(13)17)9-5-8(6-14-2)3-4-10(9)18-7/h3-5,7,14H,6H2,1-2H3. The Bertz CT molecular complexity index is 507. The molecule has 1 heterocycles. The zero-order valence-corrected chi connectivity index (χ0v) is 12.5. The van der Waals surface area contributed by atoms with Crippen LogP contribution in [0.3, 0.4) is 0 Å². The van der Waals surface area contributed by atoms with Crippen LogP contribution in [0.25, 0.3) is 0 Å². The summed E-state index contributed by atoms with van der Waals surface area (Å²) in [6, 6.07) is 5.84. The van der Waals surface area contributed by atoms with Gasteiger partial charge < -0.3 is 5.32 Å². The van der Waals surface area contributed by atoms with E-state index in [1.54, 1.807) is 6.92 Å². The number of fused-ring (bicyclic) bond motifs is 1. The molecule has 1 N–H and O–H groups in total. The molecule has 0 bridgehead atoms. The third-order valence-corrected chi connectivity index (χ3v) is 4.20. The highest BCUT2D eigenvalue weighted by atomic mass is 79.9. The Hall–Kier alpha value is -0.850. The number of thioether (sulfide) groups is 1. The van der Waals surface area contributed by atoms with E-state index >= 15 is 0 Å². The normalized spacial score (nSPS) is 18.7. The van der Waals surface area contributed by atoms with Crippen LogP contribution in [0.1, 0.15) is 12.5 Å². The number of carbonyl (C=O) groups excluding carboxylic acids is 2. The molecule has 4 nitrogen and oxygen atoms in total. The summed E-state index contributed by atoms with van der Waals surface area (Å²) in [6.45, 7) is 2.51. The Morgan fingerprint density at radius 1 is 1.56 bits per heavy atom. The molecule has 1 aromatic rings. The zero-order chi connectivity index (χ0) is 13.3. The first-order valence-electron chi connectivity index (χ1n) is 5.52. The van der Waals surface area contributed by atoms with E-state index in [2.05, 4.69) is 21.2 Å². The van der Waals surface area contributed by atoms with Gasteiger partial charge in [0, 0.05) is 27.4 Å². The fourth-order valence-corrected chi connectivity index (χ4v) is 3.24. The van der Waals surface area contributed by atoms with Crippen LogP contribution in [0.5, 0.6) is 0 Å². The van der Waals surface area contributed by atoms with E-state index in [0.29, 0.717) is 12.2 Å². The summed E-state index contributed by atoms with van der Waals surface area (Å²) in [6.07, 6.45) is 0. The summed E-state index contributed by atoms with van der Waals surface area (Å²) in [5, 5.41) is 2.81. The number of imide groups is 1. The summed E-state index contributed by atoms with van der Waals surface area (Å²) in [7, 11) is 1.86. The Morgan fingerprint density at radius 2 is 2.28 bits per heavy atom. The molecule has 0 fully saturated rings. The van der Waals surface area contributed by atoms with Crippen molar-refractivity contribution in [2.24, 2.45) is 0 Å². The van der Waals surface area contributed by atoms with Crippen LogP contribution in [0.15, 0.2) is 23.1 Å². The zero-order valence-electron chi connectivity index (χ0n) is 10.1. The number of anilines is 1. The number of hydrogen-bond donors (Lipinski definition) is 1. The molecule has 6 heteroatoms. The second kappa shape index (κ2) is 5.42. The molecular formula is C12H13BrN2O2S. The number of benzene rings is 1. The largest absolute Gasteiger partial charge is 0.316 e. The van der Waals surface area contributed by atoms with Crippen molar-refractivity contribution < 1.29 is 9.59 Å². The lowest BCUT2D eigenvalue weighted by Gasteiger charge is -2.29. The summed E-state index contributed by atoms with van der Waals surface area (Å²) in [4.78, 5) is 25.4. The van der Waals surface area contributed by atoms with E-state index in [1.807, 2.05) is 25.2 Å². The van der Waals surface area contributed by atoms with Gasteiger partial charge >= 0.3 is 4.82 Å². The Labute approximate surface area is 118 Å². The lowest BCUT2D eigenvalue weighted by atomic mass is 10.1. The molecule has 2 rings (SSSR count). The Kier molecular flexibility index (Phi) is 4.09. The molecule has 2 amide bonds. The molecule has 0 saturated carbocycles. The topological polar surface area (TPSA) is 49.4 Å². The van der Waals surface area contributed by atoms with E-state index in [1.165, 1.54) is 16.7 Å². The second-order valence-corrected chi connectivity index (χ2v) is 6.08. The van der Waals surface area contributed by atoms with Gasteiger partial charge in [-0.15, -0.1) is 11.8 Å². The Balaban J connectivity index is 2.48. The van der Waals surface area contributed by atoms with Crippen molar-refractivity contribution in [3.63, 3.8) is 0 Å². The monoisotopic (exact) mass is 328 g/mol. The van der Waals surface area contributed by atoms with Crippen molar-refractivity contribution in [1.29, 1.82) is 0 Å². The maximum atomic E-state index is 12.0. The van der Waals surface area contributed by atoms with Gasteiger partial charge in [-0.05, 0) is 31.7 Å². The molecule has 1 aliphatic rings. The summed E-state index contributed by atoms with van der Waals surface area (Å²) in [5.41, 5.74) is 1.70. The van der Waals surface area contributed by atoms with E-state index in [9.17, 15) is 9.59 Å². The number of hydrogen-bond acceptors (Lipinski definition) is 4. The van der Waals surface area contributed by atoms with Crippen LogP contribution < -0.4 is 10.2 Å². The first-order valence-corrected chi connectivity index (χ1v) is 7.19. The summed E-state index contributed by atoms with van der Waals surface area (Å²) in [5.74, 6) is -0.184. The molecule has 0 aliphatic carbocycles. The number of carbonyl (C=O) groups is 2. The molecular weight excluding hydrogens is 316 g/mol. The minimum absolute atomic E-state index is 0.184. The van der Waals surface area contributed by atoms with Gasteiger partial charge in [-0.2, -0.15) is 0 Å². The predicted molar refractivity (Wildman–Crippen MR) is 76.3 cm³/mol. The highest BCUT2D eigenvalue weighted by molar-refractivity contribution is 9.18. The molecule has 0 radical (unpaired) electrons. The van der Waals surface area contributed by atoms with Crippen molar-refractivity contribution in [2.45, 2.75) is 23.6 Å². The van der Waals surface area contributed by atoms with Crippen LogP contribution >= 0.6 is 27.7 Å². The average Bonchev–Trinajstić information content (AvgIpc) is 2.31. The van der Waals surface area contributed by atoms with Gasteiger partial charge in [0.05, 0.1) is 10.9 Å². The molecule has 1 aliphatic heterocycles. The second-order valence-electron chi connectivity index (χ2n) is 4.02. The van der Waals surface area contributed by atoms with Gasteiger partial charge in [0.2, 0.25) is 5.91 Å². The van der Waals surface area contributed by atoms with E-state index in [-0.39, 0.29) is 11.2 Å². The third kappa shape index (κ3) is 2.46. The maximum absolute atomic E-state index is 12.0. The number of nitrogens with zero attached hydrogens (tertiary/aromatic N) is 1. The van der Waals surface area contributed by atoms with Gasteiger partial charge in [-0.3, -0.25) is 9.59 Å². The lowest BCUT2D eigenvalue weighted by Crippen LogP contribution is -2.41.